The van der Waals surface area contributed by atoms with Crippen LogP contribution in [0, 0.1) is 5.41 Å². The summed E-state index contributed by atoms with van der Waals surface area (Å²) < 4.78 is 12.1. The van der Waals surface area contributed by atoms with E-state index >= 15 is 0 Å². The standard InChI is InChI=1S/C20H23N3O5/c1-20(2,3)17(24)11-21-18(25)12-23-19(26)7-5-14(22-23)13-4-6-15-16(10-13)28-9-8-27-15/h4-7,10H,8-9,11-12H2,1-3H3,(H,21,25). The molecule has 2 aromatic rings. The van der Waals surface area contributed by atoms with E-state index in [9.17, 15) is 14.4 Å². The second-order valence-corrected chi connectivity index (χ2v) is 7.52. The van der Waals surface area contributed by atoms with Gasteiger partial charge in [0.25, 0.3) is 5.56 Å². The summed E-state index contributed by atoms with van der Waals surface area (Å²) in [5.74, 6) is 0.727. The summed E-state index contributed by atoms with van der Waals surface area (Å²) in [6, 6.07) is 8.32. The van der Waals surface area contributed by atoms with Gasteiger partial charge in [0.1, 0.15) is 19.8 Å². The third-order valence-electron chi connectivity index (χ3n) is 4.28. The van der Waals surface area contributed by atoms with Gasteiger partial charge in [-0.05, 0) is 24.3 Å². The smallest absolute Gasteiger partial charge is 0.267 e. The van der Waals surface area contributed by atoms with Gasteiger partial charge in [-0.15, -0.1) is 0 Å². The van der Waals surface area contributed by atoms with Crippen molar-refractivity contribution in [3.63, 3.8) is 0 Å². The molecule has 1 amide bonds. The third kappa shape index (κ3) is 4.57. The first-order valence-corrected chi connectivity index (χ1v) is 9.02. The van der Waals surface area contributed by atoms with Crippen molar-refractivity contribution in [3.8, 4) is 22.8 Å². The lowest BCUT2D eigenvalue weighted by atomic mass is 9.91. The Bertz CT molecular complexity index is 959. The SMILES string of the molecule is CC(C)(C)C(=O)CNC(=O)Cn1nc(-c2ccc3c(c2)OCCO3)ccc1=O. The van der Waals surface area contributed by atoms with Crippen LogP contribution in [0.3, 0.4) is 0 Å². The van der Waals surface area contributed by atoms with E-state index in [4.69, 9.17) is 9.47 Å². The Morgan fingerprint density at radius 3 is 2.54 bits per heavy atom. The summed E-state index contributed by atoms with van der Waals surface area (Å²) in [7, 11) is 0. The molecule has 148 valence electrons. The second-order valence-electron chi connectivity index (χ2n) is 7.52. The van der Waals surface area contributed by atoms with Crippen LogP contribution in [0.2, 0.25) is 0 Å². The maximum atomic E-state index is 12.1. The lowest BCUT2D eigenvalue weighted by Gasteiger charge is -2.19. The Kier molecular flexibility index (Phi) is 5.48. The lowest BCUT2D eigenvalue weighted by molar-refractivity contribution is -0.129. The van der Waals surface area contributed by atoms with Crippen molar-refractivity contribution >= 4 is 11.7 Å². The zero-order chi connectivity index (χ0) is 20.3. The van der Waals surface area contributed by atoms with Crippen molar-refractivity contribution in [2.45, 2.75) is 27.3 Å². The highest BCUT2D eigenvalue weighted by molar-refractivity contribution is 5.89. The molecule has 1 N–H and O–H groups in total. The molecule has 0 atom stereocenters. The molecule has 0 fully saturated rings. The van der Waals surface area contributed by atoms with Crippen LogP contribution in [0.25, 0.3) is 11.3 Å². The summed E-state index contributed by atoms with van der Waals surface area (Å²) in [6.45, 7) is 5.96. The number of aromatic nitrogens is 2. The Balaban J connectivity index is 1.74. The van der Waals surface area contributed by atoms with Crippen LogP contribution in [0.15, 0.2) is 35.1 Å². The summed E-state index contributed by atoms with van der Waals surface area (Å²) in [6.07, 6.45) is 0. The number of hydrogen-bond donors (Lipinski definition) is 1. The molecule has 1 aromatic carbocycles. The van der Waals surface area contributed by atoms with Gasteiger partial charge in [-0.1, -0.05) is 20.8 Å². The van der Waals surface area contributed by atoms with Crippen molar-refractivity contribution in [1.29, 1.82) is 0 Å². The molecular weight excluding hydrogens is 362 g/mol. The Hall–Kier alpha value is -3.16. The number of amides is 1. The molecule has 0 bridgehead atoms. The van der Waals surface area contributed by atoms with Crippen LogP contribution in [-0.4, -0.2) is 41.2 Å². The number of nitrogens with zero attached hydrogens (tertiary/aromatic N) is 2. The van der Waals surface area contributed by atoms with E-state index in [0.717, 1.165) is 10.2 Å². The zero-order valence-electron chi connectivity index (χ0n) is 16.2. The first-order valence-electron chi connectivity index (χ1n) is 9.02. The topological polar surface area (TPSA) is 99.5 Å². The molecule has 0 unspecified atom stereocenters. The molecule has 28 heavy (non-hydrogen) atoms. The maximum Gasteiger partial charge on any atom is 0.267 e. The monoisotopic (exact) mass is 385 g/mol. The molecule has 8 nitrogen and oxygen atoms in total. The molecule has 2 heterocycles. The van der Waals surface area contributed by atoms with Crippen LogP contribution < -0.4 is 20.3 Å². The van der Waals surface area contributed by atoms with Gasteiger partial charge in [0.05, 0.1) is 12.2 Å². The Morgan fingerprint density at radius 1 is 1.11 bits per heavy atom. The molecule has 1 aliphatic heterocycles. The number of ketones is 1. The Labute approximate surface area is 162 Å². The van der Waals surface area contributed by atoms with Crippen LogP contribution >= 0.6 is 0 Å². The van der Waals surface area contributed by atoms with Gasteiger partial charge in [-0.3, -0.25) is 14.4 Å². The first-order chi connectivity index (χ1) is 13.2. The van der Waals surface area contributed by atoms with Crippen molar-refractivity contribution in [2.24, 2.45) is 5.41 Å². The summed E-state index contributed by atoms with van der Waals surface area (Å²) in [5, 5.41) is 6.81. The minimum absolute atomic E-state index is 0.0844. The maximum absolute atomic E-state index is 12.1. The second kappa shape index (κ2) is 7.84. The van der Waals surface area contributed by atoms with E-state index in [-0.39, 0.29) is 18.9 Å². The predicted octanol–water partition coefficient (Wildman–Crippen LogP) is 1.41. The fraction of sp³-hybridized carbons (Fsp3) is 0.400. The molecule has 1 aliphatic rings. The largest absolute Gasteiger partial charge is 0.486 e. The van der Waals surface area contributed by atoms with Gasteiger partial charge in [0.15, 0.2) is 17.3 Å². The average molecular weight is 385 g/mol. The highest BCUT2D eigenvalue weighted by Gasteiger charge is 2.21. The van der Waals surface area contributed by atoms with E-state index in [2.05, 4.69) is 10.4 Å². The van der Waals surface area contributed by atoms with Crippen LogP contribution in [-0.2, 0) is 16.1 Å². The summed E-state index contributed by atoms with van der Waals surface area (Å²) >= 11 is 0. The lowest BCUT2D eigenvalue weighted by Crippen LogP contribution is -2.39. The van der Waals surface area contributed by atoms with Gasteiger partial charge >= 0.3 is 0 Å². The van der Waals surface area contributed by atoms with E-state index in [1.165, 1.54) is 6.07 Å². The fourth-order valence-electron chi connectivity index (χ4n) is 2.55. The number of Topliss-reactive ketones (excluding diaryl/α,β-unsaturated/α-hetero) is 1. The van der Waals surface area contributed by atoms with Crippen LogP contribution in [0.5, 0.6) is 11.5 Å². The molecule has 8 heteroatoms. The number of fused-ring (bicyclic) bond motifs is 1. The normalized spacial score (nSPS) is 13.1. The quantitative estimate of drug-likeness (QED) is 0.836. The first kappa shape index (κ1) is 19.6. The average Bonchev–Trinajstić information content (AvgIpc) is 2.66. The van der Waals surface area contributed by atoms with Crippen molar-refractivity contribution in [1.82, 2.24) is 15.1 Å². The highest BCUT2D eigenvalue weighted by Crippen LogP contribution is 2.33. The van der Waals surface area contributed by atoms with Crippen LogP contribution in [0.4, 0.5) is 0 Å². The van der Waals surface area contributed by atoms with Crippen molar-refractivity contribution in [2.75, 3.05) is 19.8 Å². The number of benzene rings is 1. The van der Waals surface area contributed by atoms with E-state index in [0.29, 0.717) is 30.4 Å². The fourth-order valence-corrected chi connectivity index (χ4v) is 2.55. The molecule has 0 saturated heterocycles. The van der Waals surface area contributed by atoms with Gasteiger partial charge in [0, 0.05) is 17.0 Å². The molecular formula is C20H23N3O5. The number of nitrogens with one attached hydrogen (secondary N) is 1. The van der Waals surface area contributed by atoms with E-state index in [1.807, 2.05) is 6.07 Å². The highest BCUT2D eigenvalue weighted by atomic mass is 16.6. The molecule has 0 radical (unpaired) electrons. The van der Waals surface area contributed by atoms with Crippen LogP contribution in [0.1, 0.15) is 20.8 Å². The number of ether oxygens (including phenoxy) is 2. The van der Waals surface area contributed by atoms with Crippen molar-refractivity contribution < 1.29 is 19.1 Å². The van der Waals surface area contributed by atoms with E-state index < -0.39 is 16.9 Å². The molecule has 0 aliphatic carbocycles. The van der Waals surface area contributed by atoms with Gasteiger partial charge < -0.3 is 14.8 Å². The minimum atomic E-state index is -0.541. The molecule has 0 saturated carbocycles. The zero-order valence-corrected chi connectivity index (χ0v) is 16.2. The minimum Gasteiger partial charge on any atom is -0.486 e. The van der Waals surface area contributed by atoms with Crippen molar-refractivity contribution in [3.05, 3.63) is 40.7 Å². The number of hydrogen-bond acceptors (Lipinski definition) is 6. The molecule has 3 rings (SSSR count). The summed E-state index contributed by atoms with van der Waals surface area (Å²) in [5.41, 5.74) is 0.315. The number of rotatable bonds is 5. The summed E-state index contributed by atoms with van der Waals surface area (Å²) in [4.78, 5) is 36.1. The number of carbonyl (C=O) groups is 2. The number of carbonyl (C=O) groups excluding carboxylic acids is 2. The van der Waals surface area contributed by atoms with Gasteiger partial charge in [-0.25, -0.2) is 4.68 Å². The molecule has 1 aromatic heterocycles. The Morgan fingerprint density at radius 2 is 1.82 bits per heavy atom. The van der Waals surface area contributed by atoms with Gasteiger partial charge in [0.2, 0.25) is 5.91 Å². The molecule has 0 spiro atoms. The van der Waals surface area contributed by atoms with Gasteiger partial charge in [-0.2, -0.15) is 5.10 Å². The van der Waals surface area contributed by atoms with E-state index in [1.54, 1.807) is 39.0 Å². The third-order valence-corrected chi connectivity index (χ3v) is 4.28. The predicted molar refractivity (Wildman–Crippen MR) is 102 cm³/mol.